The Morgan fingerprint density at radius 2 is 2.00 bits per heavy atom. The highest BCUT2D eigenvalue weighted by Gasteiger charge is 2.46. The van der Waals surface area contributed by atoms with Crippen LogP contribution in [0.5, 0.6) is 0 Å². The lowest BCUT2D eigenvalue weighted by Crippen LogP contribution is -2.41. The number of aliphatic hydroxyl groups is 1. The van der Waals surface area contributed by atoms with Crippen molar-refractivity contribution < 1.29 is 5.11 Å². The molecule has 4 atom stereocenters. The summed E-state index contributed by atoms with van der Waals surface area (Å²) in [6.45, 7) is 4.35. The minimum Gasteiger partial charge on any atom is -0.391 e. The average molecular weight is 214 g/mol. The summed E-state index contributed by atoms with van der Waals surface area (Å²) >= 11 is 1.80. The minimum absolute atomic E-state index is 0.0369. The molecule has 2 aliphatic rings. The minimum atomic E-state index is -0.104. The van der Waals surface area contributed by atoms with Crippen LogP contribution in [-0.2, 0) is 0 Å². The number of aliphatic hydroxyl groups excluding tert-OH is 1. The van der Waals surface area contributed by atoms with Gasteiger partial charge in [0.05, 0.1) is 6.10 Å². The number of hydrogen-bond acceptors (Lipinski definition) is 2. The number of hydrogen-bond donors (Lipinski definition) is 1. The Morgan fingerprint density at radius 1 is 1.29 bits per heavy atom. The molecule has 0 aromatic heterocycles. The monoisotopic (exact) mass is 214 g/mol. The summed E-state index contributed by atoms with van der Waals surface area (Å²) in [6.07, 6.45) is 7.48. The molecular weight excluding hydrogens is 192 g/mol. The van der Waals surface area contributed by atoms with Crippen LogP contribution < -0.4 is 0 Å². The van der Waals surface area contributed by atoms with Crippen molar-refractivity contribution in [3.63, 3.8) is 0 Å². The molecule has 0 aromatic rings. The van der Waals surface area contributed by atoms with E-state index in [4.69, 9.17) is 0 Å². The molecule has 0 amide bonds. The third-order valence-corrected chi connectivity index (χ3v) is 5.73. The Kier molecular flexibility index (Phi) is 2.87. The first kappa shape index (κ1) is 10.8. The van der Waals surface area contributed by atoms with E-state index in [0.717, 1.165) is 11.8 Å². The Labute approximate surface area is 91.7 Å². The molecule has 2 saturated carbocycles. The molecule has 2 rings (SSSR count). The van der Waals surface area contributed by atoms with Crippen molar-refractivity contribution in [2.45, 2.75) is 50.4 Å². The molecule has 2 heteroatoms. The lowest BCUT2D eigenvalue weighted by Gasteiger charge is -2.36. The predicted octanol–water partition coefficient (Wildman–Crippen LogP) is 2.93. The maximum Gasteiger partial charge on any atom is 0.0712 e. The van der Waals surface area contributed by atoms with Crippen molar-refractivity contribution in [2.75, 3.05) is 6.26 Å². The molecule has 4 unspecified atom stereocenters. The van der Waals surface area contributed by atoms with Gasteiger partial charge in [-0.15, -0.1) is 0 Å². The standard InChI is InChI=1S/C12H22OS/c1-12(2,14-3)11(13)10-7-8-4-5-9(10)6-8/h8-11,13H,4-7H2,1-3H3. The zero-order valence-electron chi connectivity index (χ0n) is 9.49. The molecule has 1 nitrogen and oxygen atoms in total. The molecule has 0 aromatic carbocycles. The van der Waals surface area contributed by atoms with Crippen LogP contribution in [0, 0.1) is 17.8 Å². The van der Waals surface area contributed by atoms with Gasteiger partial charge >= 0.3 is 0 Å². The van der Waals surface area contributed by atoms with E-state index in [1.807, 2.05) is 0 Å². The highest BCUT2D eigenvalue weighted by Crippen LogP contribution is 2.51. The zero-order chi connectivity index (χ0) is 10.3. The summed E-state index contributed by atoms with van der Waals surface area (Å²) in [5.41, 5.74) is 0. The molecule has 2 bridgehead atoms. The van der Waals surface area contributed by atoms with Crippen LogP contribution in [0.15, 0.2) is 0 Å². The van der Waals surface area contributed by atoms with E-state index in [2.05, 4.69) is 20.1 Å². The van der Waals surface area contributed by atoms with Crippen molar-refractivity contribution in [1.82, 2.24) is 0 Å². The number of rotatable bonds is 3. The van der Waals surface area contributed by atoms with Gasteiger partial charge in [0.2, 0.25) is 0 Å². The smallest absolute Gasteiger partial charge is 0.0712 e. The molecule has 1 N–H and O–H groups in total. The molecule has 0 saturated heterocycles. The maximum absolute atomic E-state index is 10.4. The lowest BCUT2D eigenvalue weighted by atomic mass is 9.80. The SMILES string of the molecule is CSC(C)(C)C(O)C1CC2CCC1C2. The van der Waals surface area contributed by atoms with Crippen LogP contribution in [0.2, 0.25) is 0 Å². The second kappa shape index (κ2) is 3.71. The van der Waals surface area contributed by atoms with Crippen LogP contribution in [0.3, 0.4) is 0 Å². The van der Waals surface area contributed by atoms with Crippen molar-refractivity contribution in [3.8, 4) is 0 Å². The van der Waals surface area contributed by atoms with Gasteiger partial charge < -0.3 is 5.11 Å². The largest absolute Gasteiger partial charge is 0.391 e. The fourth-order valence-corrected chi connectivity index (χ4v) is 3.73. The summed E-state index contributed by atoms with van der Waals surface area (Å²) in [5, 5.41) is 10.4. The fourth-order valence-electron chi connectivity index (χ4n) is 3.32. The summed E-state index contributed by atoms with van der Waals surface area (Å²) in [6, 6.07) is 0. The van der Waals surface area contributed by atoms with Crippen LogP contribution in [0.1, 0.15) is 39.5 Å². The summed E-state index contributed by atoms with van der Waals surface area (Å²) < 4.78 is 0.0369. The first-order valence-corrected chi connectivity index (χ1v) is 7.00. The third kappa shape index (κ3) is 1.71. The quantitative estimate of drug-likeness (QED) is 0.779. The fraction of sp³-hybridized carbons (Fsp3) is 1.00. The second-order valence-corrected chi connectivity index (χ2v) is 7.05. The van der Waals surface area contributed by atoms with Gasteiger partial charge in [-0.1, -0.05) is 6.42 Å². The van der Waals surface area contributed by atoms with E-state index in [1.54, 1.807) is 11.8 Å². The normalized spacial score (nSPS) is 39.0. The molecule has 0 radical (unpaired) electrons. The van der Waals surface area contributed by atoms with E-state index in [0.29, 0.717) is 5.92 Å². The summed E-state index contributed by atoms with van der Waals surface area (Å²) in [7, 11) is 0. The summed E-state index contributed by atoms with van der Waals surface area (Å²) in [4.78, 5) is 0. The Balaban J connectivity index is 2.02. The van der Waals surface area contributed by atoms with Gasteiger partial charge in [-0.3, -0.25) is 0 Å². The van der Waals surface area contributed by atoms with E-state index < -0.39 is 0 Å². The Hall–Kier alpha value is 0.310. The predicted molar refractivity (Wildman–Crippen MR) is 62.5 cm³/mol. The molecule has 82 valence electrons. The van der Waals surface area contributed by atoms with Gasteiger partial charge in [0.1, 0.15) is 0 Å². The Morgan fingerprint density at radius 3 is 2.43 bits per heavy atom. The van der Waals surface area contributed by atoms with Gasteiger partial charge in [0.25, 0.3) is 0 Å². The third-order valence-electron chi connectivity index (χ3n) is 4.44. The van der Waals surface area contributed by atoms with Crippen molar-refractivity contribution >= 4 is 11.8 Å². The average Bonchev–Trinajstić information content (AvgIpc) is 2.77. The van der Waals surface area contributed by atoms with Crippen molar-refractivity contribution in [2.24, 2.45) is 17.8 Å². The van der Waals surface area contributed by atoms with Crippen LogP contribution in [0.4, 0.5) is 0 Å². The molecule has 0 aliphatic heterocycles. The molecule has 14 heavy (non-hydrogen) atoms. The topological polar surface area (TPSA) is 20.2 Å². The van der Waals surface area contributed by atoms with E-state index in [9.17, 15) is 5.11 Å². The molecule has 2 aliphatic carbocycles. The van der Waals surface area contributed by atoms with Gasteiger partial charge in [0, 0.05) is 4.75 Å². The number of thioether (sulfide) groups is 1. The molecular formula is C12H22OS. The van der Waals surface area contributed by atoms with Gasteiger partial charge in [0.15, 0.2) is 0 Å². The molecule has 0 heterocycles. The highest BCUT2D eigenvalue weighted by molar-refractivity contribution is 8.00. The lowest BCUT2D eigenvalue weighted by molar-refractivity contribution is 0.0508. The van der Waals surface area contributed by atoms with E-state index in [1.165, 1.54) is 25.7 Å². The highest BCUT2D eigenvalue weighted by atomic mass is 32.2. The first-order valence-electron chi connectivity index (χ1n) is 5.78. The first-order chi connectivity index (χ1) is 6.54. The second-order valence-electron chi connectivity index (χ2n) is 5.59. The van der Waals surface area contributed by atoms with Crippen molar-refractivity contribution in [3.05, 3.63) is 0 Å². The van der Waals surface area contributed by atoms with Crippen LogP contribution in [0.25, 0.3) is 0 Å². The van der Waals surface area contributed by atoms with Gasteiger partial charge in [-0.2, -0.15) is 11.8 Å². The van der Waals surface area contributed by atoms with Crippen molar-refractivity contribution in [1.29, 1.82) is 0 Å². The van der Waals surface area contributed by atoms with Crippen LogP contribution in [-0.4, -0.2) is 22.2 Å². The molecule has 2 fully saturated rings. The van der Waals surface area contributed by atoms with Crippen LogP contribution >= 0.6 is 11.8 Å². The van der Waals surface area contributed by atoms with E-state index in [-0.39, 0.29) is 10.9 Å². The maximum atomic E-state index is 10.4. The summed E-state index contributed by atoms with van der Waals surface area (Å²) in [5.74, 6) is 2.37. The Bertz CT molecular complexity index is 214. The van der Waals surface area contributed by atoms with E-state index >= 15 is 0 Å². The number of fused-ring (bicyclic) bond motifs is 2. The van der Waals surface area contributed by atoms with Gasteiger partial charge in [-0.25, -0.2) is 0 Å². The zero-order valence-corrected chi connectivity index (χ0v) is 10.3. The van der Waals surface area contributed by atoms with Gasteiger partial charge in [-0.05, 0) is 57.1 Å². The molecule has 0 spiro atoms.